The van der Waals surface area contributed by atoms with Gasteiger partial charge >= 0.3 is 5.97 Å². The molecule has 0 unspecified atom stereocenters. The first kappa shape index (κ1) is 11.1. The molecule has 1 aliphatic rings. The van der Waals surface area contributed by atoms with Crippen molar-refractivity contribution in [2.75, 3.05) is 13.2 Å². The highest BCUT2D eigenvalue weighted by Crippen LogP contribution is 2.48. The van der Waals surface area contributed by atoms with E-state index in [0.29, 0.717) is 5.56 Å². The van der Waals surface area contributed by atoms with Crippen LogP contribution < -0.4 is 0 Å². The third kappa shape index (κ3) is 2.09. The third-order valence-corrected chi connectivity index (χ3v) is 3.18. The van der Waals surface area contributed by atoms with Gasteiger partial charge in [-0.25, -0.2) is 4.79 Å². The maximum absolute atomic E-state index is 10.7. The Bertz CT molecular complexity index is 377. The number of ether oxygens (including phenoxy) is 1. The van der Waals surface area contributed by atoms with E-state index in [4.69, 9.17) is 9.84 Å². The zero-order chi connectivity index (χ0) is 11.6. The number of hydrogen-bond donors (Lipinski definition) is 1. The van der Waals surface area contributed by atoms with E-state index >= 15 is 0 Å². The number of hydrogen-bond acceptors (Lipinski definition) is 2. The molecule has 0 radical (unpaired) electrons. The summed E-state index contributed by atoms with van der Waals surface area (Å²) in [6.07, 6.45) is 2.28. The van der Waals surface area contributed by atoms with Gasteiger partial charge < -0.3 is 9.84 Å². The van der Waals surface area contributed by atoms with Crippen LogP contribution in [0.2, 0.25) is 0 Å². The molecular formula is C13H16O3. The molecule has 86 valence electrons. The molecule has 1 saturated carbocycles. The molecule has 2 rings (SSSR count). The molecule has 1 N–H and O–H groups in total. The summed E-state index contributed by atoms with van der Waals surface area (Å²) in [6.45, 7) is 3.47. The lowest BCUT2D eigenvalue weighted by atomic mass is 9.96. The normalized spacial score (nSPS) is 17.1. The quantitative estimate of drug-likeness (QED) is 0.829. The Kier molecular flexibility index (Phi) is 2.97. The second-order valence-electron chi connectivity index (χ2n) is 4.30. The Balaban J connectivity index is 2.12. The third-order valence-electron chi connectivity index (χ3n) is 3.18. The summed E-state index contributed by atoms with van der Waals surface area (Å²) >= 11 is 0. The highest BCUT2D eigenvalue weighted by atomic mass is 16.5. The molecule has 1 fully saturated rings. The topological polar surface area (TPSA) is 46.5 Å². The molecule has 1 aromatic carbocycles. The van der Waals surface area contributed by atoms with Crippen LogP contribution in [-0.4, -0.2) is 24.3 Å². The number of benzene rings is 1. The van der Waals surface area contributed by atoms with Crippen LogP contribution in [0.15, 0.2) is 24.3 Å². The summed E-state index contributed by atoms with van der Waals surface area (Å²) in [5.41, 5.74) is 1.70. The minimum Gasteiger partial charge on any atom is -0.478 e. The minimum absolute atomic E-state index is 0.160. The van der Waals surface area contributed by atoms with Crippen LogP contribution in [0.1, 0.15) is 35.7 Å². The molecule has 0 heterocycles. The van der Waals surface area contributed by atoms with E-state index in [-0.39, 0.29) is 5.41 Å². The predicted octanol–water partition coefficient (Wildman–Crippen LogP) is 2.45. The Morgan fingerprint density at radius 1 is 1.38 bits per heavy atom. The monoisotopic (exact) mass is 220 g/mol. The van der Waals surface area contributed by atoms with E-state index < -0.39 is 5.97 Å². The molecule has 0 spiro atoms. The average molecular weight is 220 g/mol. The van der Waals surface area contributed by atoms with Crippen LogP contribution in [0.4, 0.5) is 0 Å². The van der Waals surface area contributed by atoms with Crippen molar-refractivity contribution in [3.05, 3.63) is 35.4 Å². The highest BCUT2D eigenvalue weighted by Gasteiger charge is 2.44. The van der Waals surface area contributed by atoms with Gasteiger partial charge in [-0.3, -0.25) is 0 Å². The van der Waals surface area contributed by atoms with Gasteiger partial charge in [-0.05, 0) is 37.5 Å². The lowest BCUT2D eigenvalue weighted by molar-refractivity contribution is 0.0697. The number of carboxylic acids is 1. The first-order chi connectivity index (χ1) is 7.68. The average Bonchev–Trinajstić information content (AvgIpc) is 3.08. The molecule has 0 aliphatic heterocycles. The lowest BCUT2D eigenvalue weighted by Gasteiger charge is -2.15. The standard InChI is InChI=1S/C13H16O3/c1-2-16-9-13(7-8-13)11-5-3-10(4-6-11)12(14)15/h3-6H,2,7-9H2,1H3,(H,14,15). The van der Waals surface area contributed by atoms with Gasteiger partial charge in [0.05, 0.1) is 12.2 Å². The fourth-order valence-corrected chi connectivity index (χ4v) is 1.93. The van der Waals surface area contributed by atoms with Crippen LogP contribution in [0, 0.1) is 0 Å². The van der Waals surface area contributed by atoms with Crippen LogP contribution in [0.25, 0.3) is 0 Å². The molecule has 0 amide bonds. The van der Waals surface area contributed by atoms with Gasteiger partial charge in [0.15, 0.2) is 0 Å². The summed E-state index contributed by atoms with van der Waals surface area (Å²) in [5, 5.41) is 8.81. The van der Waals surface area contributed by atoms with Crippen molar-refractivity contribution in [2.45, 2.75) is 25.2 Å². The van der Waals surface area contributed by atoms with Gasteiger partial charge in [-0.1, -0.05) is 12.1 Å². The van der Waals surface area contributed by atoms with Gasteiger partial charge in [0, 0.05) is 12.0 Å². The molecule has 3 nitrogen and oxygen atoms in total. The van der Waals surface area contributed by atoms with E-state index in [9.17, 15) is 4.79 Å². The summed E-state index contributed by atoms with van der Waals surface area (Å²) in [4.78, 5) is 10.7. The van der Waals surface area contributed by atoms with Crippen molar-refractivity contribution in [2.24, 2.45) is 0 Å². The summed E-state index contributed by atoms with van der Waals surface area (Å²) in [5.74, 6) is -0.874. The molecule has 3 heteroatoms. The van der Waals surface area contributed by atoms with Gasteiger partial charge in [-0.15, -0.1) is 0 Å². The number of carbonyl (C=O) groups is 1. The second kappa shape index (κ2) is 4.26. The molecule has 0 bridgehead atoms. The molecule has 0 saturated heterocycles. The number of carboxylic acid groups (broad SMARTS) is 1. The first-order valence-corrected chi connectivity index (χ1v) is 5.59. The number of rotatable bonds is 5. The van der Waals surface area contributed by atoms with Gasteiger partial charge in [0.25, 0.3) is 0 Å². The molecule has 0 atom stereocenters. The smallest absolute Gasteiger partial charge is 0.335 e. The van der Waals surface area contributed by atoms with Crippen molar-refractivity contribution < 1.29 is 14.6 Å². The molecule has 0 aromatic heterocycles. The van der Waals surface area contributed by atoms with Gasteiger partial charge in [-0.2, -0.15) is 0 Å². The van der Waals surface area contributed by atoms with Crippen LogP contribution in [0.5, 0.6) is 0 Å². The Morgan fingerprint density at radius 2 is 2.00 bits per heavy atom. The fourth-order valence-electron chi connectivity index (χ4n) is 1.93. The molecule has 16 heavy (non-hydrogen) atoms. The fraction of sp³-hybridized carbons (Fsp3) is 0.462. The summed E-state index contributed by atoms with van der Waals surface area (Å²) in [7, 11) is 0. The maximum atomic E-state index is 10.7. The van der Waals surface area contributed by atoms with Crippen LogP contribution >= 0.6 is 0 Å². The largest absolute Gasteiger partial charge is 0.478 e. The van der Waals surface area contributed by atoms with E-state index in [1.54, 1.807) is 12.1 Å². The van der Waals surface area contributed by atoms with Crippen molar-refractivity contribution >= 4 is 5.97 Å². The van der Waals surface area contributed by atoms with Gasteiger partial charge in [0.1, 0.15) is 0 Å². The van der Waals surface area contributed by atoms with E-state index in [1.165, 1.54) is 5.56 Å². The molecule has 1 aliphatic carbocycles. The van der Waals surface area contributed by atoms with E-state index in [2.05, 4.69) is 0 Å². The zero-order valence-corrected chi connectivity index (χ0v) is 9.40. The van der Waals surface area contributed by atoms with Crippen molar-refractivity contribution in [3.63, 3.8) is 0 Å². The lowest BCUT2D eigenvalue weighted by Crippen LogP contribution is -2.15. The van der Waals surface area contributed by atoms with Crippen molar-refractivity contribution in [1.29, 1.82) is 0 Å². The highest BCUT2D eigenvalue weighted by molar-refractivity contribution is 5.87. The van der Waals surface area contributed by atoms with Gasteiger partial charge in [0.2, 0.25) is 0 Å². The van der Waals surface area contributed by atoms with Crippen LogP contribution in [-0.2, 0) is 10.2 Å². The minimum atomic E-state index is -0.874. The Morgan fingerprint density at radius 3 is 2.44 bits per heavy atom. The van der Waals surface area contributed by atoms with Crippen molar-refractivity contribution in [1.82, 2.24) is 0 Å². The second-order valence-corrected chi connectivity index (χ2v) is 4.30. The first-order valence-electron chi connectivity index (χ1n) is 5.59. The molecule has 1 aromatic rings. The summed E-state index contributed by atoms with van der Waals surface area (Å²) < 4.78 is 5.48. The Labute approximate surface area is 95.0 Å². The van der Waals surface area contributed by atoms with Crippen LogP contribution in [0.3, 0.4) is 0 Å². The number of aromatic carboxylic acids is 1. The predicted molar refractivity (Wildman–Crippen MR) is 60.8 cm³/mol. The molecular weight excluding hydrogens is 204 g/mol. The van der Waals surface area contributed by atoms with Crippen molar-refractivity contribution in [3.8, 4) is 0 Å². The maximum Gasteiger partial charge on any atom is 0.335 e. The zero-order valence-electron chi connectivity index (χ0n) is 9.40. The van der Waals surface area contributed by atoms with E-state index in [1.807, 2.05) is 19.1 Å². The SMILES string of the molecule is CCOCC1(c2ccc(C(=O)O)cc2)CC1. The van der Waals surface area contributed by atoms with E-state index in [0.717, 1.165) is 26.1 Å². The Hall–Kier alpha value is -1.35. The summed E-state index contributed by atoms with van der Waals surface area (Å²) in [6, 6.07) is 7.16.